The maximum Gasteiger partial charge on any atom is 0.244 e. The summed E-state index contributed by atoms with van der Waals surface area (Å²) >= 11 is 12.3. The number of hydrogen-bond donors (Lipinski definition) is 1. The van der Waals surface area contributed by atoms with Gasteiger partial charge in [0.1, 0.15) is 12.6 Å². The van der Waals surface area contributed by atoms with Crippen molar-refractivity contribution >= 4 is 50.7 Å². The molecule has 0 spiro atoms. The average molecular weight is 563 g/mol. The van der Waals surface area contributed by atoms with Gasteiger partial charge in [0.2, 0.25) is 21.8 Å². The zero-order valence-electron chi connectivity index (χ0n) is 20.6. The molecule has 3 aromatic rings. The van der Waals surface area contributed by atoms with Gasteiger partial charge in [-0.25, -0.2) is 8.42 Å². The van der Waals surface area contributed by atoms with Crippen LogP contribution >= 0.6 is 23.2 Å². The molecule has 7 nitrogen and oxygen atoms in total. The average Bonchev–Trinajstić information content (AvgIpc) is 2.87. The first-order valence-corrected chi connectivity index (χ1v) is 14.3. The lowest BCUT2D eigenvalue weighted by Gasteiger charge is -2.33. The number of nitrogens with one attached hydrogen (secondary N) is 1. The molecule has 37 heavy (non-hydrogen) atoms. The second kappa shape index (κ2) is 12.9. The molecule has 0 bridgehead atoms. The summed E-state index contributed by atoms with van der Waals surface area (Å²) in [5, 5.41) is 3.48. The number of carbonyl (C=O) groups excluding carboxylic acids is 2. The van der Waals surface area contributed by atoms with Gasteiger partial charge >= 0.3 is 0 Å². The van der Waals surface area contributed by atoms with Gasteiger partial charge in [0, 0.05) is 19.5 Å². The van der Waals surface area contributed by atoms with Crippen LogP contribution in [-0.2, 0) is 32.6 Å². The number of likely N-dealkylation sites (N-methyl/N-ethyl adjacent to an activating group) is 1. The summed E-state index contributed by atoms with van der Waals surface area (Å²) in [6.45, 7) is 1.72. The van der Waals surface area contributed by atoms with Crippen LogP contribution in [-0.4, -0.2) is 50.5 Å². The molecule has 3 aromatic carbocycles. The number of rotatable bonds is 11. The third-order valence-electron chi connectivity index (χ3n) is 5.68. The van der Waals surface area contributed by atoms with E-state index in [1.165, 1.54) is 4.90 Å². The minimum absolute atomic E-state index is 0.0246. The number of sulfonamides is 1. The molecule has 0 radical (unpaired) electrons. The Balaban J connectivity index is 2.04. The fraction of sp³-hybridized carbons (Fsp3) is 0.259. The molecule has 0 aromatic heterocycles. The topological polar surface area (TPSA) is 86.8 Å². The van der Waals surface area contributed by atoms with Crippen LogP contribution < -0.4 is 9.62 Å². The molecule has 10 heteroatoms. The minimum atomic E-state index is -3.80. The highest BCUT2D eigenvalue weighted by Gasteiger charge is 2.32. The van der Waals surface area contributed by atoms with Crippen molar-refractivity contribution < 1.29 is 18.0 Å². The van der Waals surface area contributed by atoms with Crippen molar-refractivity contribution in [3.05, 3.63) is 100 Å². The Morgan fingerprint density at radius 2 is 1.51 bits per heavy atom. The summed E-state index contributed by atoms with van der Waals surface area (Å²) in [6.07, 6.45) is 1.28. The number of carbonyl (C=O) groups is 2. The summed E-state index contributed by atoms with van der Waals surface area (Å²) < 4.78 is 26.4. The highest BCUT2D eigenvalue weighted by molar-refractivity contribution is 7.92. The zero-order chi connectivity index (χ0) is 27.0. The molecule has 0 saturated carbocycles. The Morgan fingerprint density at radius 3 is 2.08 bits per heavy atom. The number of benzene rings is 3. The van der Waals surface area contributed by atoms with Crippen molar-refractivity contribution in [1.82, 2.24) is 10.2 Å². The van der Waals surface area contributed by atoms with Gasteiger partial charge in [0.05, 0.1) is 22.0 Å². The van der Waals surface area contributed by atoms with E-state index >= 15 is 0 Å². The Labute approximate surface area is 228 Å². The summed E-state index contributed by atoms with van der Waals surface area (Å²) in [6, 6.07) is 21.8. The number of amides is 2. The molecule has 0 unspecified atom stereocenters. The van der Waals surface area contributed by atoms with E-state index < -0.39 is 28.5 Å². The highest BCUT2D eigenvalue weighted by atomic mass is 35.5. The summed E-state index contributed by atoms with van der Waals surface area (Å²) in [5.74, 6) is -0.877. The molecular formula is C27H29Cl2N3O4S. The van der Waals surface area contributed by atoms with Crippen molar-refractivity contribution in [2.24, 2.45) is 0 Å². The number of halogens is 2. The van der Waals surface area contributed by atoms with Crippen LogP contribution in [0.1, 0.15) is 18.1 Å². The molecule has 196 valence electrons. The second-order valence-corrected chi connectivity index (χ2v) is 11.2. The van der Waals surface area contributed by atoms with Gasteiger partial charge in [0.25, 0.3) is 0 Å². The number of nitrogens with zero attached hydrogens (tertiary/aromatic N) is 2. The Hall–Kier alpha value is -3.07. The first-order valence-electron chi connectivity index (χ1n) is 11.7. The van der Waals surface area contributed by atoms with Crippen LogP contribution in [0.15, 0.2) is 78.9 Å². The Morgan fingerprint density at radius 1 is 0.892 bits per heavy atom. The molecule has 2 amide bonds. The van der Waals surface area contributed by atoms with Gasteiger partial charge in [0.15, 0.2) is 0 Å². The molecule has 0 aliphatic rings. The quantitative estimate of drug-likeness (QED) is 0.372. The zero-order valence-corrected chi connectivity index (χ0v) is 22.9. The molecule has 0 fully saturated rings. The summed E-state index contributed by atoms with van der Waals surface area (Å²) in [7, 11) is -3.80. The molecule has 1 atom stereocenters. The van der Waals surface area contributed by atoms with Gasteiger partial charge < -0.3 is 10.2 Å². The van der Waals surface area contributed by atoms with Crippen LogP contribution in [0.5, 0.6) is 0 Å². The van der Waals surface area contributed by atoms with Crippen molar-refractivity contribution in [3.8, 4) is 0 Å². The van der Waals surface area contributed by atoms with Gasteiger partial charge in [-0.15, -0.1) is 0 Å². The lowest BCUT2D eigenvalue weighted by atomic mass is 10.0. The molecule has 0 heterocycles. The van der Waals surface area contributed by atoms with Crippen LogP contribution in [0.25, 0.3) is 0 Å². The van der Waals surface area contributed by atoms with E-state index in [-0.39, 0.29) is 18.9 Å². The lowest BCUT2D eigenvalue weighted by Crippen LogP contribution is -2.53. The fourth-order valence-corrected chi connectivity index (χ4v) is 5.06. The van der Waals surface area contributed by atoms with Crippen LogP contribution in [0, 0.1) is 0 Å². The van der Waals surface area contributed by atoms with Crippen LogP contribution in [0.2, 0.25) is 10.0 Å². The van der Waals surface area contributed by atoms with E-state index in [1.807, 2.05) is 30.3 Å². The van der Waals surface area contributed by atoms with Gasteiger partial charge in [-0.05, 0) is 42.3 Å². The maximum absolute atomic E-state index is 13.9. The monoisotopic (exact) mass is 561 g/mol. The van der Waals surface area contributed by atoms with E-state index in [0.29, 0.717) is 27.8 Å². The third kappa shape index (κ3) is 7.95. The van der Waals surface area contributed by atoms with Gasteiger partial charge in [-0.2, -0.15) is 0 Å². The fourth-order valence-electron chi connectivity index (χ4n) is 3.89. The Kier molecular flexibility index (Phi) is 9.97. The maximum atomic E-state index is 13.9. The van der Waals surface area contributed by atoms with Gasteiger partial charge in [-0.3, -0.25) is 13.9 Å². The smallest absolute Gasteiger partial charge is 0.244 e. The van der Waals surface area contributed by atoms with Crippen LogP contribution in [0.4, 0.5) is 5.69 Å². The number of para-hydroxylation sites is 1. The normalized spacial score (nSPS) is 12.0. The van der Waals surface area contributed by atoms with E-state index in [9.17, 15) is 18.0 Å². The molecule has 0 aliphatic carbocycles. The predicted octanol–water partition coefficient (Wildman–Crippen LogP) is 4.54. The molecular weight excluding hydrogens is 533 g/mol. The van der Waals surface area contributed by atoms with E-state index in [4.69, 9.17) is 23.2 Å². The molecule has 0 aliphatic heterocycles. The van der Waals surface area contributed by atoms with Crippen molar-refractivity contribution in [1.29, 1.82) is 0 Å². The van der Waals surface area contributed by atoms with Crippen molar-refractivity contribution in [3.63, 3.8) is 0 Å². The predicted molar refractivity (Wildman–Crippen MR) is 148 cm³/mol. The van der Waals surface area contributed by atoms with Crippen molar-refractivity contribution in [2.45, 2.75) is 25.9 Å². The highest BCUT2D eigenvalue weighted by Crippen LogP contribution is 2.25. The summed E-state index contributed by atoms with van der Waals surface area (Å²) in [4.78, 5) is 28.5. The first kappa shape index (κ1) is 28.5. The van der Waals surface area contributed by atoms with Crippen molar-refractivity contribution in [2.75, 3.05) is 23.7 Å². The van der Waals surface area contributed by atoms with Crippen LogP contribution in [0.3, 0.4) is 0 Å². The minimum Gasteiger partial charge on any atom is -0.355 e. The SMILES string of the molecule is CCNC(=O)[C@H](Cc1ccccc1)N(Cc1ccc(Cl)c(Cl)c1)C(=O)CN(c1ccccc1)S(C)(=O)=O. The number of anilines is 1. The molecule has 3 rings (SSSR count). The van der Waals surface area contributed by atoms with E-state index in [2.05, 4.69) is 5.32 Å². The molecule has 1 N–H and O–H groups in total. The third-order valence-corrected chi connectivity index (χ3v) is 7.56. The standard InChI is InChI=1S/C27H29Cl2N3O4S/c1-3-30-27(34)25(17-20-10-6-4-7-11-20)31(18-21-14-15-23(28)24(29)16-21)26(33)19-32(37(2,35)36)22-12-8-5-9-13-22/h4-16,25H,3,17-19H2,1-2H3,(H,30,34)/t25-/m0/s1. The summed E-state index contributed by atoms with van der Waals surface area (Å²) in [5.41, 5.74) is 1.86. The van der Waals surface area contributed by atoms with Gasteiger partial charge in [-0.1, -0.05) is 77.8 Å². The second-order valence-electron chi connectivity index (χ2n) is 8.48. The number of hydrogen-bond acceptors (Lipinski definition) is 4. The first-order chi connectivity index (χ1) is 17.6. The largest absolute Gasteiger partial charge is 0.355 e. The van der Waals surface area contributed by atoms with E-state index in [0.717, 1.165) is 16.1 Å². The Bertz CT molecular complexity index is 1320. The lowest BCUT2D eigenvalue weighted by molar-refractivity contribution is -0.140. The van der Waals surface area contributed by atoms with E-state index in [1.54, 1.807) is 55.5 Å². The molecule has 0 saturated heterocycles.